The zero-order chi connectivity index (χ0) is 12.6. The molecule has 1 saturated heterocycles. The summed E-state index contributed by atoms with van der Waals surface area (Å²) in [5.41, 5.74) is 2.91. The van der Waals surface area contributed by atoms with E-state index in [9.17, 15) is 0 Å². The van der Waals surface area contributed by atoms with Crippen molar-refractivity contribution in [1.29, 1.82) is 0 Å². The third kappa shape index (κ3) is 4.43. The van der Waals surface area contributed by atoms with Crippen molar-refractivity contribution >= 4 is 0 Å². The van der Waals surface area contributed by atoms with Crippen molar-refractivity contribution in [2.45, 2.75) is 32.1 Å². The second-order valence-electron chi connectivity index (χ2n) is 5.33. The molecule has 1 aliphatic heterocycles. The van der Waals surface area contributed by atoms with Crippen LogP contribution in [0.25, 0.3) is 0 Å². The number of benzene rings is 1. The summed E-state index contributed by atoms with van der Waals surface area (Å²) in [4.78, 5) is 0. The Bertz CT molecular complexity index is 327. The van der Waals surface area contributed by atoms with Crippen molar-refractivity contribution in [3.05, 3.63) is 35.4 Å². The molecule has 1 aliphatic rings. The van der Waals surface area contributed by atoms with E-state index >= 15 is 0 Å². The number of methoxy groups -OCH3 is 1. The molecule has 1 N–H and O–H groups in total. The van der Waals surface area contributed by atoms with Gasteiger partial charge in [-0.05, 0) is 62.2 Å². The lowest BCUT2D eigenvalue weighted by Crippen LogP contribution is -2.30. The van der Waals surface area contributed by atoms with Crippen LogP contribution >= 0.6 is 0 Å². The van der Waals surface area contributed by atoms with Crippen LogP contribution in [0.4, 0.5) is 0 Å². The Morgan fingerprint density at radius 1 is 1.22 bits per heavy atom. The van der Waals surface area contributed by atoms with Crippen molar-refractivity contribution in [2.75, 3.05) is 26.8 Å². The Balaban J connectivity index is 1.79. The van der Waals surface area contributed by atoms with Crippen molar-refractivity contribution < 1.29 is 4.74 Å². The van der Waals surface area contributed by atoms with Gasteiger partial charge in [0, 0.05) is 13.7 Å². The summed E-state index contributed by atoms with van der Waals surface area (Å²) in [5.74, 6) is 0.832. The summed E-state index contributed by atoms with van der Waals surface area (Å²) in [5, 5.41) is 3.49. The average molecular weight is 247 g/mol. The van der Waals surface area contributed by atoms with Crippen LogP contribution in [0.2, 0.25) is 0 Å². The smallest absolute Gasteiger partial charge is 0.0465 e. The molecule has 0 aliphatic carbocycles. The number of nitrogens with one attached hydrogen (secondary N) is 1. The number of aryl methyl sites for hydroxylation is 1. The van der Waals surface area contributed by atoms with Crippen molar-refractivity contribution in [1.82, 2.24) is 5.32 Å². The van der Waals surface area contributed by atoms with Crippen molar-refractivity contribution in [2.24, 2.45) is 5.92 Å². The zero-order valence-electron chi connectivity index (χ0n) is 11.5. The highest BCUT2D eigenvalue weighted by Gasteiger charge is 2.13. The van der Waals surface area contributed by atoms with Gasteiger partial charge in [0.1, 0.15) is 0 Å². The first-order valence-electron chi connectivity index (χ1n) is 7.16. The fourth-order valence-corrected chi connectivity index (χ4v) is 2.69. The van der Waals surface area contributed by atoms with E-state index in [1.165, 1.54) is 43.5 Å². The fourth-order valence-electron chi connectivity index (χ4n) is 2.69. The van der Waals surface area contributed by atoms with Gasteiger partial charge in [0.25, 0.3) is 0 Å². The van der Waals surface area contributed by atoms with E-state index in [0.717, 1.165) is 25.4 Å². The molecule has 0 radical (unpaired) electrons. The molecule has 0 spiro atoms. The van der Waals surface area contributed by atoms with Crippen LogP contribution in [0.15, 0.2) is 24.3 Å². The lowest BCUT2D eigenvalue weighted by Gasteiger charge is -2.22. The second-order valence-corrected chi connectivity index (χ2v) is 5.33. The maximum absolute atomic E-state index is 5.08. The molecular formula is C16H25NO. The molecule has 0 aromatic heterocycles. The minimum Gasteiger partial charge on any atom is -0.385 e. The van der Waals surface area contributed by atoms with Gasteiger partial charge in [-0.2, -0.15) is 0 Å². The molecule has 1 heterocycles. The van der Waals surface area contributed by atoms with Crippen LogP contribution < -0.4 is 5.32 Å². The monoisotopic (exact) mass is 247 g/mol. The second kappa shape index (κ2) is 7.55. The van der Waals surface area contributed by atoms with Gasteiger partial charge in [-0.25, -0.2) is 0 Å². The normalized spacial score (nSPS) is 19.9. The molecule has 2 nitrogen and oxygen atoms in total. The van der Waals surface area contributed by atoms with Crippen molar-refractivity contribution in [3.63, 3.8) is 0 Å². The third-order valence-electron chi connectivity index (χ3n) is 3.76. The molecule has 2 rings (SSSR count). The number of hydrogen-bond donors (Lipinski definition) is 1. The summed E-state index contributed by atoms with van der Waals surface area (Å²) < 4.78 is 5.08. The van der Waals surface area contributed by atoms with Gasteiger partial charge >= 0.3 is 0 Å². The first-order chi connectivity index (χ1) is 8.88. The SMILES string of the molecule is COCCCc1ccc(CC2CCCNC2)cc1. The Kier molecular flexibility index (Phi) is 5.69. The minimum absolute atomic E-state index is 0.832. The van der Waals surface area contributed by atoms with E-state index in [1.54, 1.807) is 7.11 Å². The van der Waals surface area contributed by atoms with Gasteiger partial charge in [-0.15, -0.1) is 0 Å². The summed E-state index contributed by atoms with van der Waals surface area (Å²) >= 11 is 0. The molecule has 2 heteroatoms. The quantitative estimate of drug-likeness (QED) is 0.781. The van der Waals surface area contributed by atoms with Gasteiger partial charge in [0.2, 0.25) is 0 Å². The summed E-state index contributed by atoms with van der Waals surface area (Å²) in [6.07, 6.45) is 6.18. The number of ether oxygens (including phenoxy) is 1. The largest absolute Gasteiger partial charge is 0.385 e. The molecule has 1 aromatic rings. The van der Waals surface area contributed by atoms with Crippen LogP contribution in [-0.2, 0) is 17.6 Å². The summed E-state index contributed by atoms with van der Waals surface area (Å²) in [7, 11) is 1.77. The van der Waals surface area contributed by atoms with Crippen molar-refractivity contribution in [3.8, 4) is 0 Å². The zero-order valence-corrected chi connectivity index (χ0v) is 11.5. The highest BCUT2D eigenvalue weighted by Crippen LogP contribution is 2.17. The van der Waals surface area contributed by atoms with E-state index in [-0.39, 0.29) is 0 Å². The number of piperidine rings is 1. The molecule has 0 bridgehead atoms. The van der Waals surface area contributed by atoms with Crippen LogP contribution in [0.3, 0.4) is 0 Å². The molecule has 1 fully saturated rings. The molecule has 18 heavy (non-hydrogen) atoms. The molecule has 100 valence electrons. The molecule has 0 amide bonds. The molecule has 1 unspecified atom stereocenters. The standard InChI is InChI=1S/C16H25NO/c1-18-11-3-5-14-6-8-15(9-7-14)12-16-4-2-10-17-13-16/h6-9,16-17H,2-5,10-13H2,1H3. The van der Waals surface area contributed by atoms with Gasteiger partial charge in [0.05, 0.1) is 0 Å². The highest BCUT2D eigenvalue weighted by atomic mass is 16.5. The molecule has 1 atom stereocenters. The lowest BCUT2D eigenvalue weighted by atomic mass is 9.92. The Labute approximate surface area is 111 Å². The molecule has 0 saturated carbocycles. The van der Waals surface area contributed by atoms with Crippen LogP contribution in [0, 0.1) is 5.92 Å². The first-order valence-corrected chi connectivity index (χ1v) is 7.16. The number of rotatable bonds is 6. The average Bonchev–Trinajstić information content (AvgIpc) is 2.42. The van der Waals surface area contributed by atoms with E-state index in [2.05, 4.69) is 29.6 Å². The van der Waals surface area contributed by atoms with Crippen LogP contribution in [0.1, 0.15) is 30.4 Å². The van der Waals surface area contributed by atoms with Gasteiger partial charge in [-0.3, -0.25) is 0 Å². The van der Waals surface area contributed by atoms with E-state index in [1.807, 2.05) is 0 Å². The first kappa shape index (κ1) is 13.6. The summed E-state index contributed by atoms with van der Waals surface area (Å²) in [6.45, 7) is 3.25. The maximum Gasteiger partial charge on any atom is 0.0465 e. The Morgan fingerprint density at radius 2 is 2.00 bits per heavy atom. The fraction of sp³-hybridized carbons (Fsp3) is 0.625. The predicted molar refractivity (Wildman–Crippen MR) is 75.9 cm³/mol. The lowest BCUT2D eigenvalue weighted by molar-refractivity contribution is 0.195. The van der Waals surface area contributed by atoms with Crippen LogP contribution in [-0.4, -0.2) is 26.8 Å². The Hall–Kier alpha value is -0.860. The molecule has 1 aromatic carbocycles. The predicted octanol–water partition coefficient (Wildman–Crippen LogP) is 2.81. The maximum atomic E-state index is 5.08. The minimum atomic E-state index is 0.832. The van der Waals surface area contributed by atoms with E-state index in [0.29, 0.717) is 0 Å². The van der Waals surface area contributed by atoms with E-state index in [4.69, 9.17) is 4.74 Å². The number of hydrogen-bond acceptors (Lipinski definition) is 2. The van der Waals surface area contributed by atoms with Gasteiger partial charge in [0.15, 0.2) is 0 Å². The highest BCUT2D eigenvalue weighted by molar-refractivity contribution is 5.23. The van der Waals surface area contributed by atoms with Crippen LogP contribution in [0.5, 0.6) is 0 Å². The topological polar surface area (TPSA) is 21.3 Å². The Morgan fingerprint density at radius 3 is 2.67 bits per heavy atom. The van der Waals surface area contributed by atoms with Gasteiger partial charge in [-0.1, -0.05) is 24.3 Å². The van der Waals surface area contributed by atoms with Gasteiger partial charge < -0.3 is 10.1 Å². The summed E-state index contributed by atoms with van der Waals surface area (Å²) in [6, 6.07) is 9.16. The molecular weight excluding hydrogens is 222 g/mol. The third-order valence-corrected chi connectivity index (χ3v) is 3.76. The van der Waals surface area contributed by atoms with E-state index < -0.39 is 0 Å².